The Morgan fingerprint density at radius 2 is 0.923 bits per heavy atom. The monoisotopic (exact) mass is 718 g/mol. The second kappa shape index (κ2) is 14.4. The summed E-state index contributed by atoms with van der Waals surface area (Å²) < 4.78 is 4.43. The van der Waals surface area contributed by atoms with Gasteiger partial charge in [0.2, 0.25) is 11.0 Å². The third kappa shape index (κ3) is 6.79. The predicted octanol–water partition coefficient (Wildman–Crippen LogP) is 9.96. The van der Waals surface area contributed by atoms with Gasteiger partial charge in [0.05, 0.1) is 33.5 Å². The molecule has 4 aromatic heterocycles. The molecule has 6 nitrogen and oxygen atoms in total. The molecule has 0 fully saturated rings. The van der Waals surface area contributed by atoms with Crippen molar-refractivity contribution in [2.24, 2.45) is 0 Å². The second-order valence-corrected chi connectivity index (χ2v) is 13.7. The molecular weight excluding hydrogens is 683 g/mol. The Bertz CT molecular complexity index is 2330. The predicted molar refractivity (Wildman–Crippen MR) is 213 cm³/mol. The Labute approximate surface area is 313 Å². The van der Waals surface area contributed by atoms with Gasteiger partial charge < -0.3 is 9.80 Å². The lowest BCUT2D eigenvalue weighted by Gasteiger charge is -2.20. The van der Waals surface area contributed by atoms with Crippen molar-refractivity contribution in [3.8, 4) is 11.4 Å². The van der Waals surface area contributed by atoms with Crippen molar-refractivity contribution in [3.63, 3.8) is 0 Å². The van der Waals surface area contributed by atoms with Crippen molar-refractivity contribution >= 4 is 67.8 Å². The fraction of sp³-hybridized carbons (Fsp3) is 0.0909. The van der Waals surface area contributed by atoms with Gasteiger partial charge in [0.15, 0.2) is 25.5 Å². The SMILES string of the molecule is CN(c1ccccc1)c1cc[n+](Cc2ccc(-c3ccc(C[n+]4ccc(N(C)c5ccccc5)c5ccc(Cl)cc54)cn3)nc2)c2cc(Cl)ccc12. The van der Waals surface area contributed by atoms with Crippen LogP contribution in [0.5, 0.6) is 0 Å². The lowest BCUT2D eigenvalue weighted by atomic mass is 10.1. The van der Waals surface area contributed by atoms with Gasteiger partial charge in [-0.1, -0.05) is 59.6 Å². The summed E-state index contributed by atoms with van der Waals surface area (Å²) >= 11 is 13.0. The van der Waals surface area contributed by atoms with Crippen molar-refractivity contribution in [1.82, 2.24) is 9.97 Å². The summed E-state index contributed by atoms with van der Waals surface area (Å²) in [5, 5.41) is 3.65. The maximum atomic E-state index is 6.50. The summed E-state index contributed by atoms with van der Waals surface area (Å²) in [4.78, 5) is 14.0. The van der Waals surface area contributed by atoms with E-state index in [9.17, 15) is 0 Å². The van der Waals surface area contributed by atoms with Crippen molar-refractivity contribution in [1.29, 1.82) is 0 Å². The average molecular weight is 720 g/mol. The molecule has 0 radical (unpaired) electrons. The highest BCUT2D eigenvalue weighted by Gasteiger charge is 2.19. The number of pyridine rings is 4. The van der Waals surface area contributed by atoms with Crippen LogP contribution >= 0.6 is 23.2 Å². The molecule has 0 spiro atoms. The number of hydrogen-bond acceptors (Lipinski definition) is 4. The standard InChI is InChI=1S/C44H36Cl2N6/c1-49(35-9-5-3-6-10-35)41-21-23-51(43-25-33(45)15-17-37(41)43)29-31-13-19-39(47-27-31)40-20-14-32(28-48-40)30-52-24-22-42(38-18-16-34(46)26-44(38)52)50(2)36-11-7-4-8-12-36/h3-28H,29-30H2,1-2H3/q+2. The maximum absolute atomic E-state index is 6.50. The van der Waals surface area contributed by atoms with E-state index in [-0.39, 0.29) is 0 Å². The van der Waals surface area contributed by atoms with Crippen molar-refractivity contribution in [2.45, 2.75) is 13.1 Å². The summed E-state index contributed by atoms with van der Waals surface area (Å²) in [6.45, 7) is 1.31. The topological polar surface area (TPSA) is 40.0 Å². The molecule has 52 heavy (non-hydrogen) atoms. The first-order valence-electron chi connectivity index (χ1n) is 17.1. The Hall–Kier alpha value is -5.82. The molecule has 4 aromatic carbocycles. The van der Waals surface area contributed by atoms with Gasteiger partial charge >= 0.3 is 0 Å². The summed E-state index contributed by atoms with van der Waals surface area (Å²) in [6.07, 6.45) is 8.09. The molecule has 0 bridgehead atoms. The minimum Gasteiger partial charge on any atom is -0.344 e. The third-order valence-corrected chi connectivity index (χ3v) is 10.0. The number of nitrogens with zero attached hydrogens (tertiary/aromatic N) is 6. The van der Waals surface area contributed by atoms with E-state index in [1.165, 1.54) is 0 Å². The van der Waals surface area contributed by atoms with Crippen LogP contribution in [0.3, 0.4) is 0 Å². The number of rotatable bonds is 9. The van der Waals surface area contributed by atoms with E-state index in [2.05, 4.69) is 130 Å². The smallest absolute Gasteiger partial charge is 0.216 e. The van der Waals surface area contributed by atoms with Gasteiger partial charge in [0.25, 0.3) is 0 Å². The molecule has 8 rings (SSSR count). The van der Waals surface area contributed by atoms with E-state index in [4.69, 9.17) is 33.2 Å². The van der Waals surface area contributed by atoms with Crippen molar-refractivity contribution in [3.05, 3.63) is 179 Å². The van der Waals surface area contributed by atoms with E-state index < -0.39 is 0 Å². The highest BCUT2D eigenvalue weighted by atomic mass is 35.5. The van der Waals surface area contributed by atoms with Crippen molar-refractivity contribution < 1.29 is 9.13 Å². The van der Waals surface area contributed by atoms with E-state index in [0.29, 0.717) is 23.1 Å². The molecule has 0 aliphatic carbocycles. The highest BCUT2D eigenvalue weighted by Crippen LogP contribution is 2.32. The van der Waals surface area contributed by atoms with Gasteiger partial charge in [-0.25, -0.2) is 0 Å². The van der Waals surface area contributed by atoms with Gasteiger partial charge in [-0.15, -0.1) is 0 Å². The quantitative estimate of drug-likeness (QED) is 0.139. The zero-order valence-corrected chi connectivity index (χ0v) is 30.4. The minimum absolute atomic E-state index is 0.654. The Balaban J connectivity index is 1.01. The summed E-state index contributed by atoms with van der Waals surface area (Å²) in [5.74, 6) is 0. The fourth-order valence-electron chi connectivity index (χ4n) is 6.75. The first kappa shape index (κ1) is 33.3. The Kier molecular flexibility index (Phi) is 9.25. The molecule has 0 aliphatic rings. The van der Waals surface area contributed by atoms with Gasteiger partial charge in [-0.05, 0) is 72.8 Å². The van der Waals surface area contributed by atoms with E-state index in [0.717, 1.165) is 67.1 Å². The lowest BCUT2D eigenvalue weighted by molar-refractivity contribution is -0.662. The summed E-state index contributed by atoms with van der Waals surface area (Å²) in [5.41, 5.74) is 10.4. The molecule has 0 saturated heterocycles. The fourth-order valence-corrected chi connectivity index (χ4v) is 7.09. The molecular formula is C44H36Cl2N6+2. The molecule has 0 unspecified atom stereocenters. The van der Waals surface area contributed by atoms with Gasteiger partial charge in [-0.2, -0.15) is 9.13 Å². The number of hydrogen-bond donors (Lipinski definition) is 0. The van der Waals surface area contributed by atoms with Crippen LogP contribution in [0.2, 0.25) is 10.0 Å². The highest BCUT2D eigenvalue weighted by molar-refractivity contribution is 6.31. The first-order chi connectivity index (χ1) is 25.4. The van der Waals surface area contributed by atoms with Crippen molar-refractivity contribution in [2.75, 3.05) is 23.9 Å². The Morgan fingerprint density at radius 1 is 0.500 bits per heavy atom. The minimum atomic E-state index is 0.654. The third-order valence-electron chi connectivity index (χ3n) is 9.54. The molecule has 254 valence electrons. The molecule has 8 aromatic rings. The van der Waals surface area contributed by atoms with Gasteiger partial charge in [0, 0.05) is 83.3 Å². The van der Waals surface area contributed by atoms with E-state index in [1.54, 1.807) is 0 Å². The van der Waals surface area contributed by atoms with Crippen LogP contribution in [0.25, 0.3) is 33.2 Å². The molecule has 0 atom stereocenters. The molecule has 0 N–H and O–H groups in total. The van der Waals surface area contributed by atoms with E-state index >= 15 is 0 Å². The van der Waals surface area contributed by atoms with E-state index in [1.807, 2.05) is 60.9 Å². The second-order valence-electron chi connectivity index (χ2n) is 12.9. The number of anilines is 4. The molecule has 0 amide bonds. The maximum Gasteiger partial charge on any atom is 0.216 e. The van der Waals surface area contributed by atoms with Gasteiger partial charge in [0.1, 0.15) is 0 Å². The van der Waals surface area contributed by atoms with Crippen LogP contribution in [0.1, 0.15) is 11.1 Å². The van der Waals surface area contributed by atoms with Crippen LogP contribution in [-0.2, 0) is 13.1 Å². The molecule has 0 aliphatic heterocycles. The number of halogens is 2. The first-order valence-corrected chi connectivity index (χ1v) is 17.9. The summed E-state index contributed by atoms with van der Waals surface area (Å²) in [7, 11) is 4.18. The van der Waals surface area contributed by atoms with Crippen LogP contribution in [0.4, 0.5) is 22.7 Å². The van der Waals surface area contributed by atoms with Gasteiger partial charge in [-0.3, -0.25) is 9.97 Å². The van der Waals surface area contributed by atoms with Crippen LogP contribution in [-0.4, -0.2) is 24.1 Å². The zero-order chi connectivity index (χ0) is 35.6. The van der Waals surface area contributed by atoms with Crippen LogP contribution < -0.4 is 18.9 Å². The summed E-state index contributed by atoms with van der Waals surface area (Å²) in [6, 6.07) is 45.5. The van der Waals surface area contributed by atoms with Crippen LogP contribution in [0.15, 0.2) is 158 Å². The largest absolute Gasteiger partial charge is 0.344 e. The molecule has 0 saturated carbocycles. The average Bonchev–Trinajstić information content (AvgIpc) is 3.19. The number of benzene rings is 4. The molecule has 4 heterocycles. The zero-order valence-electron chi connectivity index (χ0n) is 28.9. The number of aromatic nitrogens is 4. The van der Waals surface area contributed by atoms with Crippen LogP contribution in [0, 0.1) is 0 Å². The molecule has 8 heteroatoms. The Morgan fingerprint density at radius 3 is 1.31 bits per heavy atom. The normalized spacial score (nSPS) is 11.2. The number of fused-ring (bicyclic) bond motifs is 2. The number of para-hydroxylation sites is 2. The lowest BCUT2D eigenvalue weighted by Crippen LogP contribution is -2.35.